The highest BCUT2D eigenvalue weighted by Crippen LogP contribution is 2.52. The summed E-state index contributed by atoms with van der Waals surface area (Å²) in [5.74, 6) is 2.71. The van der Waals surface area contributed by atoms with E-state index in [9.17, 15) is 0 Å². The quantitative estimate of drug-likeness (QED) is 0.698. The summed E-state index contributed by atoms with van der Waals surface area (Å²) in [6.45, 7) is 7.08. The van der Waals surface area contributed by atoms with Crippen LogP contribution in [0.15, 0.2) is 12.4 Å². The fourth-order valence-electron chi connectivity index (χ4n) is 2.79. The van der Waals surface area contributed by atoms with E-state index in [4.69, 9.17) is 0 Å². The smallest absolute Gasteiger partial charge is 0.0693 e. The summed E-state index contributed by atoms with van der Waals surface area (Å²) < 4.78 is 0. The molecule has 1 saturated carbocycles. The fourth-order valence-corrected chi connectivity index (χ4v) is 2.79. The Morgan fingerprint density at radius 2 is 1.86 bits per heavy atom. The summed E-state index contributed by atoms with van der Waals surface area (Å²) in [5, 5.41) is 8.31. The van der Waals surface area contributed by atoms with Crippen molar-refractivity contribution in [1.29, 1.82) is 0 Å². The molecule has 0 amide bonds. The second kappa shape index (κ2) is 3.05. The molecule has 2 fully saturated rings. The number of hydrogen-bond donors (Lipinski definition) is 0. The van der Waals surface area contributed by atoms with Gasteiger partial charge in [-0.25, -0.2) is 0 Å². The van der Waals surface area contributed by atoms with Gasteiger partial charge in [0.2, 0.25) is 0 Å². The van der Waals surface area contributed by atoms with Gasteiger partial charge in [0, 0.05) is 13.1 Å². The molecule has 1 aromatic rings. The average Bonchev–Trinajstić information content (AvgIpc) is 2.67. The van der Waals surface area contributed by atoms with Gasteiger partial charge in [0.25, 0.3) is 0 Å². The molecule has 2 heterocycles. The van der Waals surface area contributed by atoms with Crippen LogP contribution in [0.5, 0.6) is 0 Å². The van der Waals surface area contributed by atoms with Crippen molar-refractivity contribution in [2.75, 3.05) is 19.6 Å². The van der Waals surface area contributed by atoms with Gasteiger partial charge in [-0.15, -0.1) is 0 Å². The molecule has 76 valence electrons. The zero-order valence-electron chi connectivity index (χ0n) is 8.50. The number of fused-ring (bicyclic) bond motifs is 1. The second-order valence-electron chi connectivity index (χ2n) is 4.43. The van der Waals surface area contributed by atoms with Crippen molar-refractivity contribution in [3.63, 3.8) is 0 Å². The average molecular weight is 192 g/mol. The van der Waals surface area contributed by atoms with Crippen LogP contribution in [-0.2, 0) is 6.54 Å². The number of piperidine rings is 1. The Labute approximate surface area is 83.9 Å². The number of nitrogens with zero attached hydrogens (tertiary/aromatic N) is 4. The summed E-state index contributed by atoms with van der Waals surface area (Å²) in [7, 11) is 0. The van der Waals surface area contributed by atoms with Gasteiger partial charge in [0.1, 0.15) is 0 Å². The summed E-state index contributed by atoms with van der Waals surface area (Å²) in [4.78, 5) is 4.38. The minimum absolute atomic E-state index is 0.852. The molecule has 0 N–H and O–H groups in total. The van der Waals surface area contributed by atoms with Crippen molar-refractivity contribution in [2.45, 2.75) is 13.5 Å². The lowest BCUT2D eigenvalue weighted by atomic mass is 10.2. The lowest BCUT2D eigenvalue weighted by Gasteiger charge is -2.16. The zero-order valence-corrected chi connectivity index (χ0v) is 8.50. The summed E-state index contributed by atoms with van der Waals surface area (Å²) >= 11 is 0. The van der Waals surface area contributed by atoms with E-state index in [0.717, 1.165) is 24.3 Å². The monoisotopic (exact) mass is 192 g/mol. The molecule has 3 rings (SSSR count). The van der Waals surface area contributed by atoms with Crippen molar-refractivity contribution < 1.29 is 0 Å². The molecule has 0 radical (unpaired) electrons. The molecular weight excluding hydrogens is 176 g/mol. The van der Waals surface area contributed by atoms with Gasteiger partial charge in [-0.1, -0.05) is 6.92 Å². The molecule has 2 aliphatic rings. The van der Waals surface area contributed by atoms with E-state index in [2.05, 4.69) is 22.0 Å². The first-order valence-electron chi connectivity index (χ1n) is 5.45. The fraction of sp³-hybridized carbons (Fsp3) is 0.800. The van der Waals surface area contributed by atoms with Crippen LogP contribution in [0.1, 0.15) is 6.92 Å². The largest absolute Gasteiger partial charge is 0.303 e. The van der Waals surface area contributed by atoms with Crippen LogP contribution < -0.4 is 0 Å². The third-order valence-corrected chi connectivity index (χ3v) is 3.73. The molecule has 0 spiro atoms. The molecule has 1 aliphatic carbocycles. The molecule has 3 atom stereocenters. The third kappa shape index (κ3) is 1.25. The Bertz CT molecular complexity index is 296. The maximum absolute atomic E-state index is 4.15. The van der Waals surface area contributed by atoms with Crippen LogP contribution >= 0.6 is 0 Å². The van der Waals surface area contributed by atoms with E-state index in [1.165, 1.54) is 19.6 Å². The maximum Gasteiger partial charge on any atom is 0.0693 e. The number of aromatic nitrogens is 3. The standard InChI is InChI=1S/C10H16N4/c1-2-13-5-8-9(6-13)10(8)7-14-11-3-4-12-14/h3-4,8-10H,2,5-7H2,1H3/t8-,9+,10?. The van der Waals surface area contributed by atoms with Gasteiger partial charge < -0.3 is 4.90 Å². The van der Waals surface area contributed by atoms with Crippen LogP contribution in [-0.4, -0.2) is 39.5 Å². The highest BCUT2D eigenvalue weighted by molar-refractivity contribution is 5.04. The first-order chi connectivity index (χ1) is 6.88. The van der Waals surface area contributed by atoms with E-state index >= 15 is 0 Å². The van der Waals surface area contributed by atoms with Crippen molar-refractivity contribution in [1.82, 2.24) is 19.9 Å². The summed E-state index contributed by atoms with van der Waals surface area (Å²) in [6, 6.07) is 0. The number of likely N-dealkylation sites (tertiary alicyclic amines) is 1. The van der Waals surface area contributed by atoms with Gasteiger partial charge in [-0.2, -0.15) is 15.0 Å². The lowest BCUT2D eigenvalue weighted by Crippen LogP contribution is -2.25. The molecule has 1 aromatic heterocycles. The van der Waals surface area contributed by atoms with Crippen LogP contribution in [0.25, 0.3) is 0 Å². The molecular formula is C10H16N4. The lowest BCUT2D eigenvalue weighted by molar-refractivity contribution is 0.285. The molecule has 1 unspecified atom stereocenters. The normalized spacial score (nSPS) is 35.9. The highest BCUT2D eigenvalue weighted by Gasteiger charge is 2.55. The van der Waals surface area contributed by atoms with Gasteiger partial charge in [0.05, 0.1) is 18.9 Å². The minimum Gasteiger partial charge on any atom is -0.303 e. The number of hydrogen-bond acceptors (Lipinski definition) is 3. The van der Waals surface area contributed by atoms with Gasteiger partial charge in [0.15, 0.2) is 0 Å². The van der Waals surface area contributed by atoms with Crippen LogP contribution in [0, 0.1) is 17.8 Å². The van der Waals surface area contributed by atoms with E-state index in [1.54, 1.807) is 12.4 Å². The zero-order chi connectivity index (χ0) is 9.54. The second-order valence-corrected chi connectivity index (χ2v) is 4.43. The summed E-state index contributed by atoms with van der Waals surface area (Å²) in [6.07, 6.45) is 3.52. The summed E-state index contributed by atoms with van der Waals surface area (Å²) in [5.41, 5.74) is 0. The van der Waals surface area contributed by atoms with Crippen LogP contribution in [0.3, 0.4) is 0 Å². The Balaban J connectivity index is 1.56. The Kier molecular flexibility index (Phi) is 1.83. The Morgan fingerprint density at radius 3 is 2.43 bits per heavy atom. The maximum atomic E-state index is 4.15. The van der Waals surface area contributed by atoms with Crippen molar-refractivity contribution in [2.24, 2.45) is 17.8 Å². The van der Waals surface area contributed by atoms with Gasteiger partial charge in [-0.3, -0.25) is 0 Å². The molecule has 0 aromatic carbocycles. The first-order valence-corrected chi connectivity index (χ1v) is 5.45. The van der Waals surface area contributed by atoms with Crippen molar-refractivity contribution in [3.05, 3.63) is 12.4 Å². The van der Waals surface area contributed by atoms with Crippen LogP contribution in [0.2, 0.25) is 0 Å². The van der Waals surface area contributed by atoms with Crippen LogP contribution in [0.4, 0.5) is 0 Å². The van der Waals surface area contributed by atoms with Crippen molar-refractivity contribution in [3.8, 4) is 0 Å². The third-order valence-electron chi connectivity index (χ3n) is 3.73. The Hall–Kier alpha value is -0.900. The number of rotatable bonds is 3. The molecule has 1 saturated heterocycles. The molecule has 14 heavy (non-hydrogen) atoms. The van der Waals surface area contributed by atoms with E-state index in [-0.39, 0.29) is 0 Å². The highest BCUT2D eigenvalue weighted by atomic mass is 15.5. The van der Waals surface area contributed by atoms with Gasteiger partial charge in [-0.05, 0) is 24.3 Å². The molecule has 4 nitrogen and oxygen atoms in total. The Morgan fingerprint density at radius 1 is 1.21 bits per heavy atom. The van der Waals surface area contributed by atoms with E-state index in [1.807, 2.05) is 4.80 Å². The van der Waals surface area contributed by atoms with Crippen molar-refractivity contribution >= 4 is 0 Å². The van der Waals surface area contributed by atoms with Gasteiger partial charge >= 0.3 is 0 Å². The molecule has 4 heteroatoms. The molecule has 1 aliphatic heterocycles. The van der Waals surface area contributed by atoms with E-state index < -0.39 is 0 Å². The predicted molar refractivity (Wildman–Crippen MR) is 52.6 cm³/mol. The topological polar surface area (TPSA) is 34.0 Å². The first kappa shape index (κ1) is 8.41. The SMILES string of the molecule is CCN1C[C@@H]2C(Cn3nccn3)[C@@H]2C1. The molecule has 0 bridgehead atoms. The minimum atomic E-state index is 0.852. The van der Waals surface area contributed by atoms with E-state index in [0.29, 0.717) is 0 Å². The predicted octanol–water partition coefficient (Wildman–Crippen LogP) is 0.476.